The molecular formula is C24H24ClFN4O6S3. The number of anilines is 1. The Morgan fingerprint density at radius 2 is 2.03 bits per heavy atom. The van der Waals surface area contributed by atoms with Crippen LogP contribution in [0.1, 0.15) is 30.4 Å². The lowest BCUT2D eigenvalue weighted by molar-refractivity contribution is -0.134. The van der Waals surface area contributed by atoms with Crippen LogP contribution in [0.3, 0.4) is 0 Å². The lowest BCUT2D eigenvalue weighted by Crippen LogP contribution is -2.53. The first kappa shape index (κ1) is 26.7. The van der Waals surface area contributed by atoms with Crippen LogP contribution >= 0.6 is 22.9 Å². The van der Waals surface area contributed by atoms with Gasteiger partial charge in [-0.3, -0.25) is 4.79 Å². The van der Waals surface area contributed by atoms with Crippen molar-refractivity contribution in [3.63, 3.8) is 0 Å². The van der Waals surface area contributed by atoms with Crippen molar-refractivity contribution < 1.29 is 31.1 Å². The first-order valence-corrected chi connectivity index (χ1v) is 16.8. The number of sulfonamides is 2. The van der Waals surface area contributed by atoms with Gasteiger partial charge in [-0.1, -0.05) is 17.7 Å². The summed E-state index contributed by atoms with van der Waals surface area (Å²) in [4.78, 5) is 15.4. The molecule has 2 aliphatic carbocycles. The second-order valence-corrected chi connectivity index (χ2v) is 15.0. The number of carbonyl (C=O) groups excluding carboxylic acids is 1. The monoisotopic (exact) mass is 614 g/mol. The number of rotatable bonds is 6. The molecule has 2 bridgehead atoms. The van der Waals surface area contributed by atoms with Crippen LogP contribution in [0.15, 0.2) is 44.2 Å². The number of aliphatic hydroxyl groups excluding tert-OH is 1. The zero-order chi connectivity index (χ0) is 27.9. The van der Waals surface area contributed by atoms with Crippen molar-refractivity contribution in [3.05, 3.63) is 56.9 Å². The second kappa shape index (κ2) is 9.26. The Morgan fingerprint density at radius 1 is 1.28 bits per heavy atom. The summed E-state index contributed by atoms with van der Waals surface area (Å²) < 4.78 is 69.4. The third-order valence-corrected chi connectivity index (χ3v) is 11.4. The van der Waals surface area contributed by atoms with Crippen molar-refractivity contribution in [2.24, 2.45) is 22.2 Å². The Balaban J connectivity index is 1.40. The molecule has 15 heteroatoms. The van der Waals surface area contributed by atoms with Gasteiger partial charge in [0.15, 0.2) is 5.84 Å². The molecule has 1 amide bonds. The van der Waals surface area contributed by atoms with Crippen molar-refractivity contribution in [1.82, 2.24) is 9.62 Å². The minimum absolute atomic E-state index is 0.0602. The molecule has 10 nitrogen and oxygen atoms in total. The SMILES string of the molecule is CS(=O)(=O)NCc1csc2c1S(=O)(=O)N=C(C1=C(O)C3C([C@@H]4CC[C@H]3C4)N(Cc3ccc(F)cc3Cl)C1=O)N2. The number of nitrogens with zero attached hydrogens (tertiary/aromatic N) is 2. The van der Waals surface area contributed by atoms with Gasteiger partial charge in [0.1, 0.15) is 27.0 Å². The van der Waals surface area contributed by atoms with Crippen LogP contribution in [0.5, 0.6) is 0 Å². The number of carbonyl (C=O) groups is 1. The van der Waals surface area contributed by atoms with Crippen LogP contribution in [0, 0.1) is 23.6 Å². The third-order valence-electron chi connectivity index (χ3n) is 7.91. The predicted molar refractivity (Wildman–Crippen MR) is 144 cm³/mol. The summed E-state index contributed by atoms with van der Waals surface area (Å²) in [6.07, 6.45) is 3.59. The van der Waals surface area contributed by atoms with Crippen LogP contribution in [0.4, 0.5) is 9.39 Å². The number of nitrogens with one attached hydrogen (secondary N) is 2. The zero-order valence-electron chi connectivity index (χ0n) is 20.5. The van der Waals surface area contributed by atoms with Gasteiger partial charge in [0.05, 0.1) is 6.26 Å². The molecule has 4 atom stereocenters. The number of fused-ring (bicyclic) bond motifs is 6. The summed E-state index contributed by atoms with van der Waals surface area (Å²) in [5.74, 6) is -1.66. The molecule has 1 aromatic heterocycles. The summed E-state index contributed by atoms with van der Waals surface area (Å²) in [6, 6.07) is 3.64. The topological polar surface area (TPSA) is 145 Å². The van der Waals surface area contributed by atoms with Crippen LogP contribution in [0.2, 0.25) is 5.02 Å². The van der Waals surface area contributed by atoms with Gasteiger partial charge in [-0.25, -0.2) is 17.5 Å². The van der Waals surface area contributed by atoms with Gasteiger partial charge in [0, 0.05) is 35.6 Å². The number of benzene rings is 1. The summed E-state index contributed by atoms with van der Waals surface area (Å²) in [7, 11) is -7.91. The maximum Gasteiger partial charge on any atom is 0.287 e. The molecule has 3 heterocycles. The van der Waals surface area contributed by atoms with E-state index in [9.17, 15) is 31.1 Å². The Morgan fingerprint density at radius 3 is 2.74 bits per heavy atom. The lowest BCUT2D eigenvalue weighted by Gasteiger charge is -2.44. The number of halogens is 2. The Hall–Kier alpha value is -2.52. The highest BCUT2D eigenvalue weighted by molar-refractivity contribution is 7.91. The number of amides is 1. The highest BCUT2D eigenvalue weighted by Gasteiger charge is 2.57. The fourth-order valence-corrected chi connectivity index (χ4v) is 9.62. The molecule has 1 aromatic carbocycles. The van der Waals surface area contributed by atoms with Gasteiger partial charge < -0.3 is 15.3 Å². The van der Waals surface area contributed by atoms with Crippen LogP contribution in [-0.4, -0.2) is 50.9 Å². The van der Waals surface area contributed by atoms with Crippen LogP contribution in [0.25, 0.3) is 0 Å². The van der Waals surface area contributed by atoms with Gasteiger partial charge in [0.2, 0.25) is 10.0 Å². The molecule has 208 valence electrons. The van der Waals surface area contributed by atoms with Gasteiger partial charge in [-0.05, 0) is 54.2 Å². The van der Waals surface area contributed by atoms with Crippen molar-refractivity contribution in [1.29, 1.82) is 0 Å². The molecule has 2 unspecified atom stereocenters. The molecule has 39 heavy (non-hydrogen) atoms. The van der Waals surface area contributed by atoms with E-state index < -0.39 is 31.8 Å². The largest absolute Gasteiger partial charge is 0.511 e. The van der Waals surface area contributed by atoms with Crippen molar-refractivity contribution >= 4 is 59.7 Å². The number of thiophene rings is 1. The van der Waals surface area contributed by atoms with E-state index in [1.54, 1.807) is 4.90 Å². The molecule has 6 rings (SSSR count). The Bertz CT molecular complexity index is 1690. The lowest BCUT2D eigenvalue weighted by atomic mass is 9.77. The predicted octanol–water partition coefficient (Wildman–Crippen LogP) is 3.37. The van der Waals surface area contributed by atoms with Crippen LogP contribution in [-0.2, 0) is 37.9 Å². The minimum Gasteiger partial charge on any atom is -0.511 e. The molecular weight excluding hydrogens is 591 g/mol. The second-order valence-electron chi connectivity index (χ2n) is 10.3. The first-order valence-electron chi connectivity index (χ1n) is 12.2. The Labute approximate surface area is 233 Å². The molecule has 0 saturated heterocycles. The van der Waals surface area contributed by atoms with Crippen molar-refractivity contribution in [2.75, 3.05) is 11.6 Å². The maximum absolute atomic E-state index is 14.0. The fraction of sp³-hybridized carbons (Fsp3) is 0.417. The van der Waals surface area contributed by atoms with E-state index in [2.05, 4.69) is 14.4 Å². The standard InChI is InChI=1S/C24H24ClFN4O6S3/c1-38(33,34)27-8-14-10-37-23-21(14)39(35,36)29-22(28-23)18-20(31)17-11-2-3-12(6-11)19(17)30(24(18)32)9-13-4-5-15(26)7-16(13)25/h4-5,7,10-12,17,19,27,31H,2-3,6,8-9H2,1H3,(H,28,29)/t11-,12+,17?,19?/m0/s1. The molecule has 4 aliphatic rings. The molecule has 0 radical (unpaired) electrons. The first-order chi connectivity index (χ1) is 18.3. The maximum atomic E-state index is 14.0. The molecule has 2 aromatic rings. The fourth-order valence-electron chi connectivity index (χ4n) is 6.37. The summed E-state index contributed by atoms with van der Waals surface area (Å²) in [6.45, 7) is -0.187. The molecule has 2 saturated carbocycles. The number of amidine groups is 1. The van der Waals surface area contributed by atoms with Crippen LogP contribution < -0.4 is 10.0 Å². The van der Waals surface area contributed by atoms with Gasteiger partial charge in [0.25, 0.3) is 15.9 Å². The van der Waals surface area contributed by atoms with E-state index >= 15 is 0 Å². The molecule has 2 aliphatic heterocycles. The van der Waals surface area contributed by atoms with E-state index in [4.69, 9.17) is 11.6 Å². The summed E-state index contributed by atoms with van der Waals surface area (Å²) >= 11 is 7.31. The van der Waals surface area contributed by atoms with Crippen molar-refractivity contribution in [2.45, 2.75) is 43.3 Å². The van der Waals surface area contributed by atoms with Gasteiger partial charge >= 0.3 is 0 Å². The van der Waals surface area contributed by atoms with Gasteiger partial charge in [-0.2, -0.15) is 8.42 Å². The normalized spacial score (nSPS) is 27.3. The van der Waals surface area contributed by atoms with E-state index in [0.29, 0.717) is 5.56 Å². The number of hydrogen-bond donors (Lipinski definition) is 3. The average molecular weight is 615 g/mol. The number of aliphatic hydroxyl groups is 1. The van der Waals surface area contributed by atoms with E-state index in [-0.39, 0.29) is 74.5 Å². The Kier molecular flexibility index (Phi) is 6.34. The third kappa shape index (κ3) is 4.55. The average Bonchev–Trinajstić information content (AvgIpc) is 3.56. The van der Waals surface area contributed by atoms with E-state index in [0.717, 1.165) is 36.9 Å². The zero-order valence-corrected chi connectivity index (χ0v) is 23.7. The molecule has 2 fully saturated rings. The number of hydrogen-bond acceptors (Lipinski definition) is 8. The summed E-state index contributed by atoms with van der Waals surface area (Å²) in [5.41, 5.74) is 0.522. The minimum atomic E-state index is -4.34. The smallest absolute Gasteiger partial charge is 0.287 e. The molecule has 3 N–H and O–H groups in total. The highest BCUT2D eigenvalue weighted by Crippen LogP contribution is 2.55. The van der Waals surface area contributed by atoms with E-state index in [1.807, 2.05) is 0 Å². The summed E-state index contributed by atoms with van der Waals surface area (Å²) in [5, 5.41) is 16.2. The van der Waals surface area contributed by atoms with Crippen molar-refractivity contribution in [3.8, 4) is 0 Å². The molecule has 0 spiro atoms. The van der Waals surface area contributed by atoms with Gasteiger partial charge in [-0.15, -0.1) is 15.7 Å². The van der Waals surface area contributed by atoms with E-state index in [1.165, 1.54) is 23.6 Å². The highest BCUT2D eigenvalue weighted by atomic mass is 35.5. The quantitative estimate of drug-likeness (QED) is 0.452.